The molecule has 5 heteroatoms. The summed E-state index contributed by atoms with van der Waals surface area (Å²) in [6.07, 6.45) is 3.86. The first kappa shape index (κ1) is 18.4. The summed E-state index contributed by atoms with van der Waals surface area (Å²) in [7, 11) is 0. The van der Waals surface area contributed by atoms with Crippen molar-refractivity contribution in [2.75, 3.05) is 19.6 Å². The summed E-state index contributed by atoms with van der Waals surface area (Å²) in [6.45, 7) is 3.79. The molecule has 2 aromatic heterocycles. The third-order valence-electron chi connectivity index (χ3n) is 5.78. The van der Waals surface area contributed by atoms with E-state index in [1.54, 1.807) is 12.1 Å². The minimum atomic E-state index is -0.123. The van der Waals surface area contributed by atoms with Gasteiger partial charge in [0.05, 0.1) is 6.26 Å². The van der Waals surface area contributed by atoms with Crippen LogP contribution in [-0.4, -0.2) is 30.4 Å². The van der Waals surface area contributed by atoms with Crippen molar-refractivity contribution in [1.82, 2.24) is 10.2 Å². The van der Waals surface area contributed by atoms with Gasteiger partial charge in [0.2, 0.25) is 0 Å². The number of thiophene rings is 1. The molecule has 0 unspecified atom stereocenters. The van der Waals surface area contributed by atoms with E-state index in [1.807, 2.05) is 11.3 Å². The van der Waals surface area contributed by atoms with Gasteiger partial charge >= 0.3 is 0 Å². The van der Waals surface area contributed by atoms with Gasteiger partial charge in [0.25, 0.3) is 5.91 Å². The van der Waals surface area contributed by atoms with Crippen LogP contribution in [0.5, 0.6) is 0 Å². The second kappa shape index (κ2) is 8.01. The van der Waals surface area contributed by atoms with E-state index in [0.29, 0.717) is 18.2 Å². The van der Waals surface area contributed by atoms with Gasteiger partial charge in [-0.1, -0.05) is 36.4 Å². The van der Waals surface area contributed by atoms with Gasteiger partial charge in [-0.3, -0.25) is 9.69 Å². The van der Waals surface area contributed by atoms with E-state index < -0.39 is 0 Å². The van der Waals surface area contributed by atoms with Gasteiger partial charge in [0.1, 0.15) is 0 Å². The van der Waals surface area contributed by atoms with Crippen molar-refractivity contribution in [3.63, 3.8) is 0 Å². The molecular formula is C24H24N2O2S. The van der Waals surface area contributed by atoms with Gasteiger partial charge in [0.15, 0.2) is 5.76 Å². The maximum Gasteiger partial charge on any atom is 0.286 e. The highest BCUT2D eigenvalue weighted by molar-refractivity contribution is 7.26. The monoisotopic (exact) mass is 404 g/mol. The minimum absolute atomic E-state index is 0.123. The van der Waals surface area contributed by atoms with E-state index in [1.165, 1.54) is 38.4 Å². The summed E-state index contributed by atoms with van der Waals surface area (Å²) in [5.74, 6) is 0.737. The third-order valence-corrected chi connectivity index (χ3v) is 7.04. The van der Waals surface area contributed by atoms with Crippen LogP contribution >= 0.6 is 11.3 Å². The molecular weight excluding hydrogens is 380 g/mol. The van der Waals surface area contributed by atoms with E-state index in [2.05, 4.69) is 52.7 Å². The number of carbonyl (C=O) groups excluding carboxylic acids is 1. The molecule has 1 amide bonds. The van der Waals surface area contributed by atoms with Crippen molar-refractivity contribution < 1.29 is 9.21 Å². The van der Waals surface area contributed by atoms with Crippen LogP contribution in [0.15, 0.2) is 65.3 Å². The first-order valence-corrected chi connectivity index (χ1v) is 11.0. The number of nitrogens with one attached hydrogen (secondary N) is 1. The fraction of sp³-hybridized carbons (Fsp3) is 0.292. The number of fused-ring (bicyclic) bond motifs is 3. The fourth-order valence-electron chi connectivity index (χ4n) is 4.36. The molecule has 1 atom stereocenters. The molecule has 4 nitrogen and oxygen atoms in total. The standard InChI is InChI=1S/C24H24N2O2S/c27-24(21-10-5-13-28-21)25-14-17-6-4-12-26(15-17)16-18-7-3-9-20-19-8-1-2-11-22(19)29-23(18)20/h1-3,5,7-11,13,17H,4,6,12,14-16H2,(H,25,27)/t17-/m0/s1. The maximum absolute atomic E-state index is 12.1. The molecule has 0 aliphatic carbocycles. The fourth-order valence-corrected chi connectivity index (χ4v) is 5.57. The van der Waals surface area contributed by atoms with Crippen molar-refractivity contribution >= 4 is 37.4 Å². The maximum atomic E-state index is 12.1. The van der Waals surface area contributed by atoms with E-state index >= 15 is 0 Å². The topological polar surface area (TPSA) is 45.5 Å². The number of rotatable bonds is 5. The Labute approximate surface area is 174 Å². The van der Waals surface area contributed by atoms with Crippen LogP contribution in [0.1, 0.15) is 29.0 Å². The lowest BCUT2D eigenvalue weighted by molar-refractivity contribution is 0.0903. The van der Waals surface area contributed by atoms with Gasteiger partial charge in [-0.15, -0.1) is 11.3 Å². The number of benzene rings is 2. The van der Waals surface area contributed by atoms with Crippen LogP contribution in [0.25, 0.3) is 20.2 Å². The molecule has 1 aliphatic heterocycles. The van der Waals surface area contributed by atoms with Crippen molar-refractivity contribution in [3.8, 4) is 0 Å². The van der Waals surface area contributed by atoms with E-state index in [-0.39, 0.29) is 5.91 Å². The summed E-state index contributed by atoms with van der Waals surface area (Å²) in [5.41, 5.74) is 1.41. The molecule has 1 saturated heterocycles. The molecule has 0 bridgehead atoms. The lowest BCUT2D eigenvalue weighted by Gasteiger charge is -2.33. The highest BCUT2D eigenvalue weighted by Crippen LogP contribution is 2.36. The lowest BCUT2D eigenvalue weighted by atomic mass is 9.97. The molecule has 0 saturated carbocycles. The van der Waals surface area contributed by atoms with Gasteiger partial charge in [0, 0.05) is 39.8 Å². The smallest absolute Gasteiger partial charge is 0.286 e. The second-order valence-corrected chi connectivity index (χ2v) is 8.87. The van der Waals surface area contributed by atoms with Crippen LogP contribution in [0.2, 0.25) is 0 Å². The number of piperidine rings is 1. The van der Waals surface area contributed by atoms with Gasteiger partial charge in [-0.05, 0) is 49.1 Å². The number of hydrogen-bond donors (Lipinski definition) is 1. The largest absolute Gasteiger partial charge is 0.459 e. The Bertz CT molecular complexity index is 1130. The summed E-state index contributed by atoms with van der Waals surface area (Å²) in [6, 6.07) is 18.8. The average Bonchev–Trinajstić information content (AvgIpc) is 3.41. The molecule has 0 radical (unpaired) electrons. The zero-order valence-corrected chi connectivity index (χ0v) is 17.1. The first-order chi connectivity index (χ1) is 14.3. The lowest BCUT2D eigenvalue weighted by Crippen LogP contribution is -2.40. The number of hydrogen-bond acceptors (Lipinski definition) is 4. The molecule has 2 aromatic carbocycles. The van der Waals surface area contributed by atoms with E-state index in [0.717, 1.165) is 26.1 Å². The van der Waals surface area contributed by atoms with Gasteiger partial charge in [-0.25, -0.2) is 0 Å². The molecule has 1 N–H and O–H groups in total. The Balaban J connectivity index is 1.27. The average molecular weight is 405 g/mol. The van der Waals surface area contributed by atoms with E-state index in [4.69, 9.17) is 4.42 Å². The number of furan rings is 1. The second-order valence-electron chi connectivity index (χ2n) is 7.82. The Kier molecular flexibility index (Phi) is 5.08. The SMILES string of the molecule is O=C(NC[C@@H]1CCCN(Cc2cccc3c2sc2ccccc23)C1)c1ccco1. The molecule has 148 valence electrons. The van der Waals surface area contributed by atoms with Crippen molar-refractivity contribution in [1.29, 1.82) is 0 Å². The summed E-state index contributed by atoms with van der Waals surface area (Å²) >= 11 is 1.90. The quantitative estimate of drug-likeness (QED) is 0.492. The van der Waals surface area contributed by atoms with Crippen LogP contribution in [0.4, 0.5) is 0 Å². The molecule has 5 rings (SSSR count). The zero-order valence-electron chi connectivity index (χ0n) is 16.3. The molecule has 1 fully saturated rings. The van der Waals surface area contributed by atoms with Crippen LogP contribution in [0.3, 0.4) is 0 Å². The number of nitrogens with zero attached hydrogens (tertiary/aromatic N) is 1. The van der Waals surface area contributed by atoms with Gasteiger partial charge in [-0.2, -0.15) is 0 Å². The third kappa shape index (κ3) is 3.80. The van der Waals surface area contributed by atoms with Crippen molar-refractivity contribution in [3.05, 3.63) is 72.2 Å². The molecule has 3 heterocycles. The number of likely N-dealkylation sites (tertiary alicyclic amines) is 1. The minimum Gasteiger partial charge on any atom is -0.459 e. The van der Waals surface area contributed by atoms with Crippen LogP contribution in [0, 0.1) is 5.92 Å². The summed E-state index contributed by atoms with van der Waals surface area (Å²) in [5, 5.41) is 5.75. The van der Waals surface area contributed by atoms with Gasteiger partial charge < -0.3 is 9.73 Å². The Morgan fingerprint density at radius 3 is 2.90 bits per heavy atom. The van der Waals surface area contributed by atoms with Crippen LogP contribution in [-0.2, 0) is 6.54 Å². The number of amides is 1. The molecule has 29 heavy (non-hydrogen) atoms. The van der Waals surface area contributed by atoms with E-state index in [9.17, 15) is 4.79 Å². The predicted octanol–water partition coefficient (Wildman–Crippen LogP) is 5.29. The predicted molar refractivity (Wildman–Crippen MR) is 118 cm³/mol. The number of carbonyl (C=O) groups is 1. The molecule has 0 spiro atoms. The molecule has 4 aromatic rings. The highest BCUT2D eigenvalue weighted by atomic mass is 32.1. The first-order valence-electron chi connectivity index (χ1n) is 10.2. The van der Waals surface area contributed by atoms with Crippen molar-refractivity contribution in [2.45, 2.75) is 19.4 Å². The summed E-state index contributed by atoms with van der Waals surface area (Å²) < 4.78 is 7.94. The normalized spacial score (nSPS) is 17.7. The Hall–Kier alpha value is -2.63. The summed E-state index contributed by atoms with van der Waals surface area (Å²) in [4.78, 5) is 14.7. The van der Waals surface area contributed by atoms with Crippen LogP contribution < -0.4 is 5.32 Å². The van der Waals surface area contributed by atoms with Crippen molar-refractivity contribution in [2.24, 2.45) is 5.92 Å². The Morgan fingerprint density at radius 2 is 2.00 bits per heavy atom. The Morgan fingerprint density at radius 1 is 1.10 bits per heavy atom. The highest BCUT2D eigenvalue weighted by Gasteiger charge is 2.22. The zero-order chi connectivity index (χ0) is 19.6. The molecule has 1 aliphatic rings.